The Balaban J connectivity index is 1.51. The van der Waals surface area contributed by atoms with Gasteiger partial charge in [-0.3, -0.25) is 4.98 Å². The van der Waals surface area contributed by atoms with E-state index >= 15 is 0 Å². The van der Waals surface area contributed by atoms with E-state index in [2.05, 4.69) is 27.2 Å². The van der Waals surface area contributed by atoms with Gasteiger partial charge in [-0.2, -0.15) is 0 Å². The van der Waals surface area contributed by atoms with Gasteiger partial charge in [-0.15, -0.1) is 0 Å². The zero-order valence-electron chi connectivity index (χ0n) is 15.8. The Labute approximate surface area is 166 Å². The summed E-state index contributed by atoms with van der Waals surface area (Å²) in [6.07, 6.45) is 7.72. The second-order valence-corrected chi connectivity index (χ2v) is 8.32. The molecule has 1 aliphatic rings. The molecular weight excluding hydrogens is 375 g/mol. The molecule has 0 saturated carbocycles. The predicted octanol–water partition coefficient (Wildman–Crippen LogP) is 3.64. The number of imidazole rings is 1. The number of hydrogen-bond acceptors (Lipinski definition) is 6. The normalized spacial score (nSPS) is 15.5. The molecule has 4 aromatic heterocycles. The Morgan fingerprint density at radius 2 is 2.04 bits per heavy atom. The third-order valence-corrected chi connectivity index (χ3v) is 6.45. The molecule has 28 heavy (non-hydrogen) atoms. The molecule has 0 unspecified atom stereocenters. The van der Waals surface area contributed by atoms with Crippen molar-refractivity contribution in [1.29, 1.82) is 0 Å². The second kappa shape index (κ2) is 6.79. The highest BCUT2D eigenvalue weighted by Crippen LogP contribution is 2.32. The number of halogens is 1. The number of nitrogens with zero attached hydrogens (tertiary/aromatic N) is 5. The van der Waals surface area contributed by atoms with Gasteiger partial charge in [0.1, 0.15) is 5.52 Å². The third-order valence-electron chi connectivity index (χ3n) is 5.34. The van der Waals surface area contributed by atoms with Crippen molar-refractivity contribution < 1.29 is 4.39 Å². The topological polar surface area (TPSA) is 58.4 Å². The molecule has 6 nitrogen and oxygen atoms in total. The average Bonchev–Trinajstić information content (AvgIpc) is 3.30. The molecule has 0 aromatic carbocycles. The van der Waals surface area contributed by atoms with Crippen molar-refractivity contribution >= 4 is 32.3 Å². The van der Waals surface area contributed by atoms with Crippen LogP contribution in [0, 0.1) is 12.7 Å². The summed E-state index contributed by atoms with van der Waals surface area (Å²) in [5.41, 5.74) is 3.47. The molecular formula is C20H21FN6S. The second-order valence-electron chi connectivity index (χ2n) is 7.32. The molecule has 1 fully saturated rings. The standard InChI is InChI=1S/C20H21FN6S/c1-12-10-27-11-13(7-15(21)19(27)24-12)16-8-18-17(9-23-16)25-20(28-18)26(2)14-3-5-22-6-4-14/h7-11,14,22H,3-6H2,1-2H3. The van der Waals surface area contributed by atoms with Crippen molar-refractivity contribution in [3.05, 3.63) is 42.2 Å². The number of fused-ring (bicyclic) bond motifs is 2. The number of hydrogen-bond donors (Lipinski definition) is 1. The quantitative estimate of drug-likeness (QED) is 0.573. The summed E-state index contributed by atoms with van der Waals surface area (Å²) >= 11 is 1.66. The van der Waals surface area contributed by atoms with Crippen molar-refractivity contribution in [2.45, 2.75) is 25.8 Å². The van der Waals surface area contributed by atoms with Crippen molar-refractivity contribution in [2.75, 3.05) is 25.0 Å². The molecule has 1 aliphatic heterocycles. The maximum Gasteiger partial charge on any atom is 0.186 e. The number of thiazole rings is 1. The van der Waals surface area contributed by atoms with E-state index in [4.69, 9.17) is 4.98 Å². The molecule has 5 rings (SSSR count). The van der Waals surface area contributed by atoms with Crippen LogP contribution in [0.15, 0.2) is 30.7 Å². The van der Waals surface area contributed by atoms with E-state index in [9.17, 15) is 4.39 Å². The SMILES string of the molecule is Cc1cn2cc(-c3cc4sc(N(C)C5CCNCC5)nc4cn3)cc(F)c2n1. The first-order chi connectivity index (χ1) is 13.6. The van der Waals surface area contributed by atoms with E-state index in [0.29, 0.717) is 11.7 Å². The van der Waals surface area contributed by atoms with Crippen LogP contribution in [0.4, 0.5) is 9.52 Å². The van der Waals surface area contributed by atoms with Crippen LogP contribution in [-0.2, 0) is 0 Å². The maximum absolute atomic E-state index is 14.4. The molecule has 5 heterocycles. The van der Waals surface area contributed by atoms with E-state index in [-0.39, 0.29) is 5.82 Å². The van der Waals surface area contributed by atoms with Crippen LogP contribution in [0.2, 0.25) is 0 Å². The maximum atomic E-state index is 14.4. The Bertz CT molecular complexity index is 1160. The first-order valence-corrected chi connectivity index (χ1v) is 10.3. The number of pyridine rings is 2. The number of piperidine rings is 1. The number of nitrogens with one attached hydrogen (secondary N) is 1. The monoisotopic (exact) mass is 396 g/mol. The summed E-state index contributed by atoms with van der Waals surface area (Å²) in [6, 6.07) is 4.01. The van der Waals surface area contributed by atoms with Crippen LogP contribution in [0.25, 0.3) is 27.1 Å². The number of aromatic nitrogens is 4. The highest BCUT2D eigenvalue weighted by molar-refractivity contribution is 7.22. The fourth-order valence-electron chi connectivity index (χ4n) is 3.80. The molecule has 8 heteroatoms. The van der Waals surface area contributed by atoms with Gasteiger partial charge in [0.05, 0.1) is 22.3 Å². The number of aryl methyl sites for hydroxylation is 1. The van der Waals surface area contributed by atoms with Crippen LogP contribution < -0.4 is 10.2 Å². The Kier molecular flexibility index (Phi) is 4.25. The summed E-state index contributed by atoms with van der Waals surface area (Å²) in [5.74, 6) is -0.344. The van der Waals surface area contributed by atoms with Crippen LogP contribution in [-0.4, -0.2) is 45.5 Å². The van der Waals surface area contributed by atoms with E-state index in [1.54, 1.807) is 21.9 Å². The zero-order valence-corrected chi connectivity index (χ0v) is 16.6. The lowest BCUT2D eigenvalue weighted by molar-refractivity contribution is 0.443. The molecule has 0 atom stereocenters. The Morgan fingerprint density at radius 1 is 1.21 bits per heavy atom. The largest absolute Gasteiger partial charge is 0.348 e. The van der Waals surface area contributed by atoms with Crippen LogP contribution in [0.1, 0.15) is 18.5 Å². The van der Waals surface area contributed by atoms with Crippen LogP contribution in [0.3, 0.4) is 0 Å². The third kappa shape index (κ3) is 3.02. The van der Waals surface area contributed by atoms with Crippen molar-refractivity contribution in [3.63, 3.8) is 0 Å². The van der Waals surface area contributed by atoms with Crippen LogP contribution in [0.5, 0.6) is 0 Å². The molecule has 1 N–H and O–H groups in total. The van der Waals surface area contributed by atoms with E-state index < -0.39 is 0 Å². The van der Waals surface area contributed by atoms with Crippen molar-refractivity contribution in [1.82, 2.24) is 24.7 Å². The molecule has 0 amide bonds. The summed E-state index contributed by atoms with van der Waals surface area (Å²) < 4.78 is 17.2. The summed E-state index contributed by atoms with van der Waals surface area (Å²) in [6.45, 7) is 3.95. The lowest BCUT2D eigenvalue weighted by Crippen LogP contribution is -2.41. The van der Waals surface area contributed by atoms with Gasteiger partial charge in [0.2, 0.25) is 0 Å². The minimum absolute atomic E-state index is 0.339. The zero-order chi connectivity index (χ0) is 19.3. The summed E-state index contributed by atoms with van der Waals surface area (Å²) in [7, 11) is 2.12. The number of rotatable bonds is 3. The number of anilines is 1. The molecule has 144 valence electrons. The predicted molar refractivity (Wildman–Crippen MR) is 111 cm³/mol. The van der Waals surface area contributed by atoms with Gasteiger partial charge >= 0.3 is 0 Å². The first kappa shape index (κ1) is 17.5. The van der Waals surface area contributed by atoms with Gasteiger partial charge < -0.3 is 14.6 Å². The van der Waals surface area contributed by atoms with Crippen LogP contribution >= 0.6 is 11.3 Å². The smallest absolute Gasteiger partial charge is 0.186 e. The Morgan fingerprint density at radius 3 is 2.86 bits per heavy atom. The summed E-state index contributed by atoms with van der Waals surface area (Å²) in [5, 5.41) is 4.41. The molecule has 0 spiro atoms. The van der Waals surface area contributed by atoms with Gasteiger partial charge in [-0.1, -0.05) is 11.3 Å². The van der Waals surface area contributed by atoms with Gasteiger partial charge in [-0.05, 0) is 45.0 Å². The Hall–Kier alpha value is -2.58. The molecule has 1 saturated heterocycles. The average molecular weight is 396 g/mol. The van der Waals surface area contributed by atoms with Crippen molar-refractivity contribution in [2.24, 2.45) is 0 Å². The van der Waals surface area contributed by atoms with Gasteiger partial charge in [0.15, 0.2) is 16.6 Å². The fourth-order valence-corrected chi connectivity index (χ4v) is 4.81. The lowest BCUT2D eigenvalue weighted by Gasteiger charge is -2.31. The lowest BCUT2D eigenvalue weighted by atomic mass is 10.1. The molecule has 0 aliphatic carbocycles. The van der Waals surface area contributed by atoms with E-state index in [1.807, 2.05) is 25.4 Å². The first-order valence-electron chi connectivity index (χ1n) is 9.44. The highest BCUT2D eigenvalue weighted by Gasteiger charge is 2.21. The summed E-state index contributed by atoms with van der Waals surface area (Å²) in [4.78, 5) is 15.8. The van der Waals surface area contributed by atoms with E-state index in [0.717, 1.165) is 58.2 Å². The fraction of sp³-hybridized carbons (Fsp3) is 0.350. The van der Waals surface area contributed by atoms with Gasteiger partial charge in [0.25, 0.3) is 0 Å². The van der Waals surface area contributed by atoms with E-state index in [1.165, 1.54) is 6.07 Å². The molecule has 4 aromatic rings. The minimum Gasteiger partial charge on any atom is -0.348 e. The molecule has 0 radical (unpaired) electrons. The highest BCUT2D eigenvalue weighted by atomic mass is 32.1. The molecule has 0 bridgehead atoms. The minimum atomic E-state index is -0.344. The van der Waals surface area contributed by atoms with Crippen molar-refractivity contribution in [3.8, 4) is 11.3 Å². The van der Waals surface area contributed by atoms with Gasteiger partial charge in [-0.25, -0.2) is 14.4 Å². The van der Waals surface area contributed by atoms with Gasteiger partial charge in [0, 0.05) is 31.0 Å².